The van der Waals surface area contributed by atoms with Crippen molar-refractivity contribution >= 4 is 23.7 Å². The van der Waals surface area contributed by atoms with Gasteiger partial charge in [-0.25, -0.2) is 4.79 Å². The second-order valence-electron chi connectivity index (χ2n) is 7.89. The first kappa shape index (κ1) is 19.4. The Morgan fingerprint density at radius 3 is 2.55 bits per heavy atom. The van der Waals surface area contributed by atoms with Crippen LogP contribution in [0, 0.1) is 5.92 Å². The number of ether oxygens (including phenoxy) is 1. The Balaban J connectivity index is 1.66. The highest BCUT2D eigenvalue weighted by atomic mass is 16.5. The highest BCUT2D eigenvalue weighted by Gasteiger charge is 2.45. The van der Waals surface area contributed by atoms with E-state index in [1.165, 1.54) is 45.9 Å². The van der Waals surface area contributed by atoms with Crippen LogP contribution in [0.25, 0.3) is 17.7 Å². The number of hydrogen-bond donors (Lipinski definition) is 0. The van der Waals surface area contributed by atoms with Crippen LogP contribution in [0.5, 0.6) is 0 Å². The van der Waals surface area contributed by atoms with Crippen molar-refractivity contribution in [2.24, 2.45) is 5.92 Å². The quantitative estimate of drug-likeness (QED) is 0.412. The fraction of sp³-hybridized carbons (Fsp3) is 0.296. The van der Waals surface area contributed by atoms with Crippen molar-refractivity contribution in [2.45, 2.75) is 39.5 Å². The van der Waals surface area contributed by atoms with Crippen LogP contribution in [-0.4, -0.2) is 12.6 Å². The van der Waals surface area contributed by atoms with Crippen LogP contribution in [0.2, 0.25) is 0 Å². The molecule has 1 fully saturated rings. The number of rotatable bonds is 6. The lowest BCUT2D eigenvalue weighted by Crippen LogP contribution is -2.03. The van der Waals surface area contributed by atoms with E-state index in [0.29, 0.717) is 18.4 Å². The van der Waals surface area contributed by atoms with Gasteiger partial charge in [0.2, 0.25) is 0 Å². The van der Waals surface area contributed by atoms with E-state index in [2.05, 4.69) is 68.5 Å². The number of hydrogen-bond acceptors (Lipinski definition) is 2. The smallest absolute Gasteiger partial charge is 0.330 e. The van der Waals surface area contributed by atoms with Crippen molar-refractivity contribution in [1.29, 1.82) is 0 Å². The zero-order valence-electron chi connectivity index (χ0n) is 17.4. The van der Waals surface area contributed by atoms with Gasteiger partial charge in [-0.1, -0.05) is 67.1 Å². The van der Waals surface area contributed by atoms with E-state index in [0.717, 1.165) is 12.0 Å². The lowest BCUT2D eigenvalue weighted by molar-refractivity contribution is -0.137. The van der Waals surface area contributed by atoms with Gasteiger partial charge in [0, 0.05) is 6.08 Å². The average molecular weight is 385 g/mol. The molecule has 148 valence electrons. The minimum absolute atomic E-state index is 0.301. The summed E-state index contributed by atoms with van der Waals surface area (Å²) in [5, 5.41) is 0. The molecular formula is C27H28O2. The van der Waals surface area contributed by atoms with Crippen LogP contribution < -0.4 is 0 Å². The van der Waals surface area contributed by atoms with E-state index in [1.807, 2.05) is 13.0 Å². The first-order valence-electron chi connectivity index (χ1n) is 10.6. The lowest BCUT2D eigenvalue weighted by Gasteiger charge is -2.21. The van der Waals surface area contributed by atoms with Crippen LogP contribution in [0.3, 0.4) is 0 Å². The molecule has 0 heterocycles. The zero-order chi connectivity index (χ0) is 20.4. The summed E-state index contributed by atoms with van der Waals surface area (Å²) in [6.07, 6.45) is 8.00. The van der Waals surface area contributed by atoms with Gasteiger partial charge in [0.25, 0.3) is 0 Å². The maximum atomic E-state index is 11.5. The monoisotopic (exact) mass is 384 g/mol. The van der Waals surface area contributed by atoms with Gasteiger partial charge in [0.05, 0.1) is 6.61 Å². The molecule has 0 saturated heterocycles. The summed E-state index contributed by atoms with van der Waals surface area (Å²) in [7, 11) is 0. The fourth-order valence-corrected chi connectivity index (χ4v) is 4.35. The molecule has 0 aliphatic heterocycles. The van der Waals surface area contributed by atoms with Gasteiger partial charge in [0.1, 0.15) is 0 Å². The second-order valence-corrected chi connectivity index (χ2v) is 7.89. The number of carbonyl (C=O) groups excluding carboxylic acids is 1. The van der Waals surface area contributed by atoms with Crippen molar-refractivity contribution in [3.8, 4) is 0 Å². The van der Waals surface area contributed by atoms with Crippen molar-refractivity contribution in [3.63, 3.8) is 0 Å². The highest BCUT2D eigenvalue weighted by Crippen LogP contribution is 2.59. The molecule has 0 bridgehead atoms. The van der Waals surface area contributed by atoms with E-state index in [-0.39, 0.29) is 5.97 Å². The molecule has 2 aromatic carbocycles. The SMILES string of the molecule is CCOC(=O)/C=C/c1ccc(/C(C2=Cc3ccccc3C3CC23)=C(\C)CC)cc1. The molecule has 2 aliphatic rings. The lowest BCUT2D eigenvalue weighted by atomic mass is 9.83. The van der Waals surface area contributed by atoms with Gasteiger partial charge >= 0.3 is 5.97 Å². The Morgan fingerprint density at radius 1 is 1.07 bits per heavy atom. The molecule has 2 unspecified atom stereocenters. The Morgan fingerprint density at radius 2 is 1.83 bits per heavy atom. The number of fused-ring (bicyclic) bond motifs is 3. The van der Waals surface area contributed by atoms with Crippen LogP contribution in [0.1, 0.15) is 61.8 Å². The third kappa shape index (κ3) is 3.98. The molecule has 0 N–H and O–H groups in total. The van der Waals surface area contributed by atoms with Crippen LogP contribution in [0.15, 0.2) is 65.8 Å². The van der Waals surface area contributed by atoms with E-state index < -0.39 is 0 Å². The summed E-state index contributed by atoms with van der Waals surface area (Å²) in [4.78, 5) is 11.5. The number of allylic oxidation sites excluding steroid dienone is 3. The third-order valence-electron chi connectivity index (χ3n) is 6.04. The number of esters is 1. The molecular weight excluding hydrogens is 356 g/mol. The van der Waals surface area contributed by atoms with Crippen LogP contribution in [-0.2, 0) is 9.53 Å². The molecule has 0 amide bonds. The van der Waals surface area contributed by atoms with E-state index in [9.17, 15) is 4.79 Å². The van der Waals surface area contributed by atoms with Crippen LogP contribution >= 0.6 is 0 Å². The second kappa shape index (κ2) is 8.24. The standard InChI is InChI=1S/C27H28O2/c1-4-18(3)27(20-13-10-19(11-14-20)12-15-26(28)29-5-2)25-16-21-8-6-7-9-22(21)23-17-24(23)25/h6-16,23-24H,4-5,17H2,1-3H3/b15-12+,27-18-. The van der Waals surface area contributed by atoms with Crippen molar-refractivity contribution in [3.05, 3.63) is 88.0 Å². The van der Waals surface area contributed by atoms with E-state index in [4.69, 9.17) is 4.74 Å². The molecule has 2 atom stereocenters. The summed E-state index contributed by atoms with van der Waals surface area (Å²) in [5.74, 6) is 1.02. The summed E-state index contributed by atoms with van der Waals surface area (Å²) >= 11 is 0. The minimum atomic E-state index is -0.301. The molecule has 2 heteroatoms. The van der Waals surface area contributed by atoms with Gasteiger partial charge in [-0.3, -0.25) is 0 Å². The molecule has 0 spiro atoms. The predicted molar refractivity (Wildman–Crippen MR) is 120 cm³/mol. The van der Waals surface area contributed by atoms with Gasteiger partial charge in [-0.15, -0.1) is 0 Å². The molecule has 0 radical (unpaired) electrons. The van der Waals surface area contributed by atoms with E-state index in [1.54, 1.807) is 0 Å². The van der Waals surface area contributed by atoms with Crippen LogP contribution in [0.4, 0.5) is 0 Å². The maximum absolute atomic E-state index is 11.5. The van der Waals surface area contributed by atoms with Gasteiger partial charge in [-0.05, 0) is 78.0 Å². The van der Waals surface area contributed by atoms with Gasteiger partial charge in [-0.2, -0.15) is 0 Å². The van der Waals surface area contributed by atoms with Crippen molar-refractivity contribution in [1.82, 2.24) is 0 Å². The van der Waals surface area contributed by atoms with Crippen molar-refractivity contribution < 1.29 is 9.53 Å². The number of benzene rings is 2. The van der Waals surface area contributed by atoms with Gasteiger partial charge < -0.3 is 4.74 Å². The first-order chi connectivity index (χ1) is 14.1. The molecule has 1 saturated carbocycles. The topological polar surface area (TPSA) is 26.3 Å². The first-order valence-corrected chi connectivity index (χ1v) is 10.6. The largest absolute Gasteiger partial charge is 0.463 e. The van der Waals surface area contributed by atoms with E-state index >= 15 is 0 Å². The van der Waals surface area contributed by atoms with Crippen molar-refractivity contribution in [2.75, 3.05) is 6.61 Å². The third-order valence-corrected chi connectivity index (χ3v) is 6.04. The normalized spacial score (nSPS) is 20.4. The zero-order valence-corrected chi connectivity index (χ0v) is 17.4. The summed E-state index contributed by atoms with van der Waals surface area (Å²) in [6.45, 7) is 6.69. The Hall–Kier alpha value is -2.87. The molecule has 2 aromatic rings. The maximum Gasteiger partial charge on any atom is 0.330 e. The molecule has 2 nitrogen and oxygen atoms in total. The molecule has 29 heavy (non-hydrogen) atoms. The molecule has 2 aliphatic carbocycles. The Labute approximate surface area is 173 Å². The average Bonchev–Trinajstić information content (AvgIpc) is 3.55. The Kier molecular flexibility index (Phi) is 5.53. The van der Waals surface area contributed by atoms with Gasteiger partial charge in [0.15, 0.2) is 0 Å². The summed E-state index contributed by atoms with van der Waals surface area (Å²) in [5.41, 5.74) is 9.46. The summed E-state index contributed by atoms with van der Waals surface area (Å²) in [6, 6.07) is 17.3. The molecule has 0 aromatic heterocycles. The predicted octanol–water partition coefficient (Wildman–Crippen LogP) is 6.65. The fourth-order valence-electron chi connectivity index (χ4n) is 4.35. The number of carbonyl (C=O) groups is 1. The summed E-state index contributed by atoms with van der Waals surface area (Å²) < 4.78 is 4.96. The highest BCUT2D eigenvalue weighted by molar-refractivity contribution is 5.90. The minimum Gasteiger partial charge on any atom is -0.463 e. The molecule has 4 rings (SSSR count). The Bertz CT molecular complexity index is 1010.